The molecule has 2 aromatic rings. The summed E-state index contributed by atoms with van der Waals surface area (Å²) in [6.07, 6.45) is -0.845. The molecule has 1 unspecified atom stereocenters. The Hall–Kier alpha value is -2.05. The first-order valence-electron chi connectivity index (χ1n) is 6.88. The molecule has 0 amide bonds. The van der Waals surface area contributed by atoms with Gasteiger partial charge in [0, 0.05) is 0 Å². The van der Waals surface area contributed by atoms with Gasteiger partial charge < -0.3 is 10.2 Å². The number of hydrogen-bond acceptors (Lipinski definition) is 4. The zero-order valence-electron chi connectivity index (χ0n) is 12.5. The van der Waals surface area contributed by atoms with Crippen molar-refractivity contribution >= 4 is 15.7 Å². The average Bonchev–Trinajstić information content (AvgIpc) is 2.47. The second-order valence-corrected chi connectivity index (χ2v) is 7.02. The molecular formula is C16H19NO4S. The van der Waals surface area contributed by atoms with E-state index in [4.69, 9.17) is 0 Å². The van der Waals surface area contributed by atoms with Gasteiger partial charge in [-0.05, 0) is 43.7 Å². The van der Waals surface area contributed by atoms with Crippen molar-refractivity contribution in [2.75, 3.05) is 10.8 Å². The highest BCUT2D eigenvalue weighted by atomic mass is 32.2. The lowest BCUT2D eigenvalue weighted by Gasteiger charge is -2.26. The SMILES string of the molecule is Cc1ccc(O)c(S(=O)(=O)N(CC(C)O)c2ccccc2)c1. The van der Waals surface area contributed by atoms with Crippen LogP contribution in [-0.2, 0) is 10.0 Å². The Bertz CT molecular complexity index is 742. The van der Waals surface area contributed by atoms with Crippen LogP contribution in [0.5, 0.6) is 5.75 Å². The van der Waals surface area contributed by atoms with E-state index in [-0.39, 0.29) is 17.2 Å². The zero-order chi connectivity index (χ0) is 16.3. The number of rotatable bonds is 5. The monoisotopic (exact) mass is 321 g/mol. The summed E-state index contributed by atoms with van der Waals surface area (Å²) in [5.74, 6) is -0.308. The third-order valence-corrected chi connectivity index (χ3v) is 4.98. The Morgan fingerprint density at radius 3 is 2.36 bits per heavy atom. The summed E-state index contributed by atoms with van der Waals surface area (Å²) in [7, 11) is -3.98. The summed E-state index contributed by atoms with van der Waals surface area (Å²) in [5, 5.41) is 19.6. The smallest absolute Gasteiger partial charge is 0.268 e. The number of anilines is 1. The molecule has 2 N–H and O–H groups in total. The van der Waals surface area contributed by atoms with Crippen LogP contribution >= 0.6 is 0 Å². The molecule has 2 aromatic carbocycles. The van der Waals surface area contributed by atoms with Crippen LogP contribution in [0.3, 0.4) is 0 Å². The van der Waals surface area contributed by atoms with Crippen molar-refractivity contribution in [3.63, 3.8) is 0 Å². The van der Waals surface area contributed by atoms with Crippen molar-refractivity contribution in [1.29, 1.82) is 0 Å². The Kier molecular flexibility index (Phi) is 4.73. The molecule has 2 rings (SSSR count). The minimum absolute atomic E-state index is 0.0975. The lowest BCUT2D eigenvalue weighted by Crippen LogP contribution is -2.36. The van der Waals surface area contributed by atoms with Crippen LogP contribution in [0.4, 0.5) is 5.69 Å². The molecule has 5 nitrogen and oxygen atoms in total. The third kappa shape index (κ3) is 3.40. The van der Waals surface area contributed by atoms with E-state index in [2.05, 4.69) is 0 Å². The standard InChI is InChI=1S/C16H19NO4S/c1-12-8-9-15(19)16(10-12)22(20,21)17(11-13(2)18)14-6-4-3-5-7-14/h3-10,13,18-19H,11H2,1-2H3. The molecular weight excluding hydrogens is 302 g/mol. The molecule has 0 fully saturated rings. The van der Waals surface area contributed by atoms with E-state index in [1.165, 1.54) is 19.1 Å². The quantitative estimate of drug-likeness (QED) is 0.885. The fraction of sp³-hybridized carbons (Fsp3) is 0.250. The van der Waals surface area contributed by atoms with Gasteiger partial charge in [-0.3, -0.25) is 4.31 Å². The molecule has 1 atom stereocenters. The second kappa shape index (κ2) is 6.37. The largest absolute Gasteiger partial charge is 0.507 e. The summed E-state index contributed by atoms with van der Waals surface area (Å²) in [4.78, 5) is -0.169. The lowest BCUT2D eigenvalue weighted by molar-refractivity contribution is 0.204. The molecule has 118 valence electrons. The van der Waals surface area contributed by atoms with Gasteiger partial charge in [0.25, 0.3) is 10.0 Å². The molecule has 0 aliphatic carbocycles. The van der Waals surface area contributed by atoms with Gasteiger partial charge in [-0.15, -0.1) is 0 Å². The van der Waals surface area contributed by atoms with Crippen LogP contribution in [0, 0.1) is 6.92 Å². The number of aryl methyl sites for hydroxylation is 1. The van der Waals surface area contributed by atoms with Gasteiger partial charge in [-0.2, -0.15) is 0 Å². The number of para-hydroxylation sites is 1. The molecule has 0 aromatic heterocycles. The molecule has 6 heteroatoms. The van der Waals surface area contributed by atoms with Crippen molar-refractivity contribution < 1.29 is 18.6 Å². The predicted octanol–water partition coefficient (Wildman–Crippen LogP) is 2.28. The summed E-state index contributed by atoms with van der Waals surface area (Å²) < 4.78 is 26.9. The fourth-order valence-corrected chi connectivity index (χ4v) is 3.84. The highest BCUT2D eigenvalue weighted by molar-refractivity contribution is 7.93. The zero-order valence-corrected chi connectivity index (χ0v) is 13.3. The van der Waals surface area contributed by atoms with Crippen molar-refractivity contribution in [3.05, 3.63) is 54.1 Å². The molecule has 0 radical (unpaired) electrons. The van der Waals surface area contributed by atoms with Crippen molar-refractivity contribution in [3.8, 4) is 5.75 Å². The number of benzene rings is 2. The van der Waals surface area contributed by atoms with Crippen LogP contribution in [0.1, 0.15) is 12.5 Å². The number of sulfonamides is 1. The third-order valence-electron chi connectivity index (χ3n) is 3.16. The first-order chi connectivity index (χ1) is 10.3. The Morgan fingerprint density at radius 1 is 1.14 bits per heavy atom. The van der Waals surface area contributed by atoms with E-state index < -0.39 is 16.1 Å². The summed E-state index contributed by atoms with van der Waals surface area (Å²) >= 11 is 0. The molecule has 0 heterocycles. The molecule has 22 heavy (non-hydrogen) atoms. The maximum atomic E-state index is 12.9. The Labute approximate surface area is 130 Å². The molecule has 0 saturated heterocycles. The van der Waals surface area contributed by atoms with E-state index >= 15 is 0 Å². The van der Waals surface area contributed by atoms with Gasteiger partial charge in [0.15, 0.2) is 0 Å². The first kappa shape index (κ1) is 16.3. The maximum Gasteiger partial charge on any atom is 0.268 e. The predicted molar refractivity (Wildman–Crippen MR) is 85.5 cm³/mol. The average molecular weight is 321 g/mol. The van der Waals surface area contributed by atoms with Gasteiger partial charge in [0.1, 0.15) is 10.6 Å². The van der Waals surface area contributed by atoms with Gasteiger partial charge in [0.05, 0.1) is 18.3 Å². The van der Waals surface area contributed by atoms with Crippen molar-refractivity contribution in [1.82, 2.24) is 0 Å². The second-order valence-electron chi connectivity index (χ2n) is 5.19. The number of aliphatic hydroxyl groups is 1. The van der Waals surface area contributed by atoms with Gasteiger partial charge in [0.2, 0.25) is 0 Å². The highest BCUT2D eigenvalue weighted by Gasteiger charge is 2.28. The van der Waals surface area contributed by atoms with Crippen LogP contribution in [0.15, 0.2) is 53.4 Å². The van der Waals surface area contributed by atoms with Crippen molar-refractivity contribution in [2.24, 2.45) is 0 Å². The summed E-state index contributed by atoms with van der Waals surface area (Å²) in [6, 6.07) is 12.9. The van der Waals surface area contributed by atoms with E-state index in [0.29, 0.717) is 5.69 Å². The maximum absolute atomic E-state index is 12.9. The molecule has 0 aliphatic rings. The van der Waals surface area contributed by atoms with Crippen molar-refractivity contribution in [2.45, 2.75) is 24.8 Å². The van der Waals surface area contributed by atoms with Crippen LogP contribution in [0.25, 0.3) is 0 Å². The minimum Gasteiger partial charge on any atom is -0.507 e. The summed E-state index contributed by atoms with van der Waals surface area (Å²) in [5.41, 5.74) is 1.16. The molecule has 0 bridgehead atoms. The summed E-state index contributed by atoms with van der Waals surface area (Å²) in [6.45, 7) is 3.17. The number of phenols is 1. The number of nitrogens with zero attached hydrogens (tertiary/aromatic N) is 1. The number of phenolic OH excluding ortho intramolecular Hbond substituents is 1. The minimum atomic E-state index is -3.98. The fourth-order valence-electron chi connectivity index (χ4n) is 2.12. The Balaban J connectivity index is 2.57. The molecule has 0 spiro atoms. The van der Waals surface area contributed by atoms with E-state index in [9.17, 15) is 18.6 Å². The number of hydrogen-bond donors (Lipinski definition) is 2. The molecule has 0 saturated carbocycles. The van der Waals surface area contributed by atoms with E-state index in [0.717, 1.165) is 9.87 Å². The topological polar surface area (TPSA) is 77.8 Å². The normalized spacial score (nSPS) is 12.9. The molecule has 0 aliphatic heterocycles. The van der Waals surface area contributed by atoms with Gasteiger partial charge in [-0.25, -0.2) is 8.42 Å². The first-order valence-corrected chi connectivity index (χ1v) is 8.32. The van der Waals surface area contributed by atoms with Crippen LogP contribution < -0.4 is 4.31 Å². The number of aromatic hydroxyl groups is 1. The highest BCUT2D eigenvalue weighted by Crippen LogP contribution is 2.30. The van der Waals surface area contributed by atoms with Crippen LogP contribution in [0.2, 0.25) is 0 Å². The van der Waals surface area contributed by atoms with E-state index in [1.54, 1.807) is 43.3 Å². The Morgan fingerprint density at radius 2 is 1.77 bits per heavy atom. The van der Waals surface area contributed by atoms with Gasteiger partial charge in [-0.1, -0.05) is 24.3 Å². The lowest BCUT2D eigenvalue weighted by atomic mass is 10.2. The van der Waals surface area contributed by atoms with Crippen LogP contribution in [-0.4, -0.2) is 31.3 Å². The van der Waals surface area contributed by atoms with E-state index in [1.807, 2.05) is 0 Å². The van der Waals surface area contributed by atoms with Gasteiger partial charge >= 0.3 is 0 Å². The number of aliphatic hydroxyl groups excluding tert-OH is 1.